The summed E-state index contributed by atoms with van der Waals surface area (Å²) < 4.78 is 10.2. The van der Waals surface area contributed by atoms with Gasteiger partial charge in [0.2, 0.25) is 6.61 Å². The number of H-pyrrole nitrogens is 1. The summed E-state index contributed by atoms with van der Waals surface area (Å²) in [5.74, 6) is -0.927. The van der Waals surface area contributed by atoms with E-state index in [2.05, 4.69) is 15.4 Å². The molecule has 2 aliphatic rings. The maximum Gasteiger partial charge on any atom is 0.410 e. The smallest absolute Gasteiger partial charge is 0.410 e. The molecule has 11 heteroatoms. The number of hydrogen-bond acceptors (Lipinski definition) is 8. The largest absolute Gasteiger partial charge is 0.463 e. The highest BCUT2D eigenvalue weighted by Gasteiger charge is 2.41. The Labute approximate surface area is 196 Å². The zero-order chi connectivity index (χ0) is 23.9. The minimum Gasteiger partial charge on any atom is -0.463 e. The lowest BCUT2D eigenvalue weighted by molar-refractivity contribution is -0.148. The number of likely N-dealkylation sites (tertiary alicyclic amines) is 1. The molecule has 1 unspecified atom stereocenters. The van der Waals surface area contributed by atoms with Crippen LogP contribution in [0.15, 0.2) is 47.8 Å². The Hall–Kier alpha value is -3.89. The van der Waals surface area contributed by atoms with Gasteiger partial charge in [0.25, 0.3) is 5.91 Å². The molecule has 0 saturated carbocycles. The first-order valence-electron chi connectivity index (χ1n) is 11.2. The number of carbonyl (C=O) groups excluding carboxylic acids is 3. The van der Waals surface area contributed by atoms with E-state index < -0.39 is 12.6 Å². The van der Waals surface area contributed by atoms with Gasteiger partial charge in [-0.1, -0.05) is 35.5 Å². The van der Waals surface area contributed by atoms with Crippen molar-refractivity contribution in [2.75, 3.05) is 32.9 Å². The number of nitrogens with one attached hydrogen (secondary N) is 1. The van der Waals surface area contributed by atoms with Crippen LogP contribution in [-0.2, 0) is 23.9 Å². The number of nitrogens with zero attached hydrogens (tertiary/aromatic N) is 4. The SMILES string of the molecule is CCOC(=O)CON=C(C(=O)N1CCC(N2C(=O)OCC2c2ccccc2)CC1)c1ccn[nH]1. The van der Waals surface area contributed by atoms with Crippen molar-refractivity contribution >= 4 is 23.7 Å². The zero-order valence-electron chi connectivity index (χ0n) is 18.9. The van der Waals surface area contributed by atoms with E-state index in [1.165, 1.54) is 6.20 Å². The molecule has 2 aliphatic heterocycles. The standard InChI is InChI=1S/C23H27N5O6/c1-2-32-20(29)15-34-26-21(18-8-11-24-25-18)22(30)27-12-9-17(10-13-27)28-19(14-33-23(28)31)16-6-4-3-5-7-16/h3-8,11,17,19H,2,9-10,12-15H2,1H3,(H,24,25). The molecule has 0 spiro atoms. The highest BCUT2D eigenvalue weighted by atomic mass is 16.7. The Balaban J connectivity index is 1.41. The number of ether oxygens (including phenoxy) is 2. The molecule has 1 aromatic carbocycles. The van der Waals surface area contributed by atoms with Crippen LogP contribution in [0.25, 0.3) is 0 Å². The molecule has 1 atom stereocenters. The Morgan fingerprint density at radius 3 is 2.65 bits per heavy atom. The predicted octanol–water partition coefficient (Wildman–Crippen LogP) is 1.88. The molecular weight excluding hydrogens is 442 g/mol. The lowest BCUT2D eigenvalue weighted by atomic mass is 9.99. The van der Waals surface area contributed by atoms with E-state index in [0.29, 0.717) is 38.2 Å². The molecule has 2 aromatic rings. The van der Waals surface area contributed by atoms with Gasteiger partial charge < -0.3 is 19.2 Å². The van der Waals surface area contributed by atoms with Crippen LogP contribution in [-0.4, -0.2) is 82.6 Å². The van der Waals surface area contributed by atoms with E-state index in [1.807, 2.05) is 30.3 Å². The summed E-state index contributed by atoms with van der Waals surface area (Å²) in [7, 11) is 0. The van der Waals surface area contributed by atoms with E-state index in [0.717, 1.165) is 5.56 Å². The summed E-state index contributed by atoms with van der Waals surface area (Å²) in [6.45, 7) is 2.69. The Kier molecular flexibility index (Phi) is 7.41. The van der Waals surface area contributed by atoms with Crippen molar-refractivity contribution in [1.29, 1.82) is 0 Å². The molecule has 0 aliphatic carbocycles. The summed E-state index contributed by atoms with van der Waals surface area (Å²) in [5.41, 5.74) is 1.42. The monoisotopic (exact) mass is 469 g/mol. The maximum atomic E-state index is 13.2. The maximum absolute atomic E-state index is 13.2. The van der Waals surface area contributed by atoms with Crippen molar-refractivity contribution in [2.24, 2.45) is 5.16 Å². The minimum absolute atomic E-state index is 0.0167. The number of piperidine rings is 1. The molecule has 0 bridgehead atoms. The van der Waals surface area contributed by atoms with Gasteiger partial charge in [0, 0.05) is 25.3 Å². The van der Waals surface area contributed by atoms with Crippen LogP contribution >= 0.6 is 0 Å². The number of esters is 1. The average Bonchev–Trinajstić information content (AvgIpc) is 3.52. The van der Waals surface area contributed by atoms with Gasteiger partial charge in [-0.2, -0.15) is 5.10 Å². The number of aromatic nitrogens is 2. The third kappa shape index (κ3) is 5.19. The van der Waals surface area contributed by atoms with Crippen LogP contribution in [0.2, 0.25) is 0 Å². The summed E-state index contributed by atoms with van der Waals surface area (Å²) in [6.07, 6.45) is 2.37. The number of rotatable bonds is 8. The van der Waals surface area contributed by atoms with Gasteiger partial charge in [0.1, 0.15) is 6.61 Å². The Bertz CT molecular complexity index is 1020. The zero-order valence-corrected chi connectivity index (χ0v) is 18.9. The van der Waals surface area contributed by atoms with E-state index in [-0.39, 0.29) is 36.4 Å². The number of hydrogen-bond donors (Lipinski definition) is 1. The second kappa shape index (κ2) is 10.8. The van der Waals surface area contributed by atoms with Gasteiger partial charge in [-0.25, -0.2) is 9.59 Å². The van der Waals surface area contributed by atoms with Crippen LogP contribution < -0.4 is 0 Å². The lowest BCUT2D eigenvalue weighted by Gasteiger charge is -2.37. The minimum atomic E-state index is -0.575. The fourth-order valence-corrected chi connectivity index (χ4v) is 4.21. The highest BCUT2D eigenvalue weighted by molar-refractivity contribution is 6.44. The Morgan fingerprint density at radius 1 is 1.21 bits per heavy atom. The Morgan fingerprint density at radius 2 is 1.97 bits per heavy atom. The third-order valence-electron chi connectivity index (χ3n) is 5.84. The fraction of sp³-hybridized carbons (Fsp3) is 0.435. The second-order valence-electron chi connectivity index (χ2n) is 7.92. The molecule has 180 valence electrons. The quantitative estimate of drug-likeness (QED) is 0.355. The molecule has 2 saturated heterocycles. The van der Waals surface area contributed by atoms with E-state index in [4.69, 9.17) is 14.3 Å². The van der Waals surface area contributed by atoms with Crippen molar-refractivity contribution in [3.8, 4) is 0 Å². The first kappa shape index (κ1) is 23.3. The van der Waals surface area contributed by atoms with Gasteiger partial charge >= 0.3 is 12.1 Å². The van der Waals surface area contributed by atoms with Crippen LogP contribution in [0.5, 0.6) is 0 Å². The van der Waals surface area contributed by atoms with E-state index in [1.54, 1.807) is 22.8 Å². The van der Waals surface area contributed by atoms with Gasteiger partial charge in [-0.15, -0.1) is 0 Å². The topological polar surface area (TPSA) is 126 Å². The number of amides is 2. The van der Waals surface area contributed by atoms with Crippen molar-refractivity contribution in [3.63, 3.8) is 0 Å². The highest BCUT2D eigenvalue weighted by Crippen LogP contribution is 2.33. The van der Waals surface area contributed by atoms with E-state index >= 15 is 0 Å². The van der Waals surface area contributed by atoms with Gasteiger partial charge in [-0.05, 0) is 31.4 Å². The lowest BCUT2D eigenvalue weighted by Crippen LogP contribution is -2.49. The molecule has 1 N–H and O–H groups in total. The third-order valence-corrected chi connectivity index (χ3v) is 5.84. The summed E-state index contributed by atoms with van der Waals surface area (Å²) in [6, 6.07) is 11.2. The average molecular weight is 469 g/mol. The predicted molar refractivity (Wildman–Crippen MR) is 120 cm³/mol. The van der Waals surface area contributed by atoms with E-state index in [9.17, 15) is 14.4 Å². The van der Waals surface area contributed by atoms with Gasteiger partial charge in [0.05, 0.1) is 18.3 Å². The number of cyclic esters (lactones) is 1. The molecular formula is C23H27N5O6. The molecule has 2 amide bonds. The molecule has 4 rings (SSSR count). The number of benzene rings is 1. The molecule has 0 radical (unpaired) electrons. The summed E-state index contributed by atoms with van der Waals surface area (Å²) in [5, 5.41) is 10.5. The fourth-order valence-electron chi connectivity index (χ4n) is 4.21. The van der Waals surface area contributed by atoms with Gasteiger partial charge in [0.15, 0.2) is 5.71 Å². The molecule has 3 heterocycles. The molecule has 34 heavy (non-hydrogen) atoms. The molecule has 1 aromatic heterocycles. The summed E-state index contributed by atoms with van der Waals surface area (Å²) >= 11 is 0. The van der Waals surface area contributed by atoms with Crippen molar-refractivity contribution in [2.45, 2.75) is 31.8 Å². The van der Waals surface area contributed by atoms with Gasteiger partial charge in [-0.3, -0.25) is 14.8 Å². The van der Waals surface area contributed by atoms with Crippen molar-refractivity contribution in [3.05, 3.63) is 53.9 Å². The normalized spacial score (nSPS) is 19.1. The van der Waals surface area contributed by atoms with Crippen LogP contribution in [0, 0.1) is 0 Å². The summed E-state index contributed by atoms with van der Waals surface area (Å²) in [4.78, 5) is 45.8. The number of aromatic amines is 1. The molecule has 11 nitrogen and oxygen atoms in total. The molecule has 2 fully saturated rings. The van der Waals surface area contributed by atoms with Crippen LogP contribution in [0.3, 0.4) is 0 Å². The number of oxime groups is 1. The van der Waals surface area contributed by atoms with Crippen molar-refractivity contribution < 1.29 is 28.7 Å². The first-order chi connectivity index (χ1) is 16.6. The second-order valence-corrected chi connectivity index (χ2v) is 7.92. The van der Waals surface area contributed by atoms with Crippen molar-refractivity contribution in [1.82, 2.24) is 20.0 Å². The first-order valence-corrected chi connectivity index (χ1v) is 11.2. The van der Waals surface area contributed by atoms with Crippen LogP contribution in [0.1, 0.15) is 37.1 Å². The number of carbonyl (C=O) groups is 3. The van der Waals surface area contributed by atoms with Crippen LogP contribution in [0.4, 0.5) is 4.79 Å².